The van der Waals surface area contributed by atoms with Gasteiger partial charge in [0.2, 0.25) is 11.8 Å². The maximum Gasteiger partial charge on any atom is 0.239 e. The minimum atomic E-state index is -0.750. The van der Waals surface area contributed by atoms with Gasteiger partial charge in [0.1, 0.15) is 0 Å². The van der Waals surface area contributed by atoms with Gasteiger partial charge in [0, 0.05) is 0 Å². The van der Waals surface area contributed by atoms with Crippen LogP contribution in [-0.4, -0.2) is 11.8 Å². The Bertz CT molecular complexity index is 1190. The molecule has 0 saturated carbocycles. The van der Waals surface area contributed by atoms with Crippen molar-refractivity contribution in [3.05, 3.63) is 100 Å². The summed E-state index contributed by atoms with van der Waals surface area (Å²) in [6, 6.07) is 22.2. The highest BCUT2D eigenvalue weighted by atomic mass is 79.9. The van der Waals surface area contributed by atoms with Crippen LogP contribution < -0.4 is 4.90 Å². The molecule has 5 heteroatoms. The van der Waals surface area contributed by atoms with E-state index in [0.717, 1.165) is 33.4 Å². The maximum atomic E-state index is 14.0. The number of alkyl halides is 2. The second-order valence-electron chi connectivity index (χ2n) is 8.77. The lowest BCUT2D eigenvalue weighted by Gasteiger charge is -2.55. The van der Waals surface area contributed by atoms with Crippen LogP contribution in [0.1, 0.15) is 33.4 Å². The van der Waals surface area contributed by atoms with E-state index in [4.69, 9.17) is 0 Å². The van der Waals surface area contributed by atoms with Gasteiger partial charge in [-0.2, -0.15) is 0 Å². The Morgan fingerprint density at radius 1 is 0.710 bits per heavy atom. The molecule has 3 aromatic carbocycles. The predicted octanol–water partition coefficient (Wildman–Crippen LogP) is 5.71. The number of nitrogens with zero attached hydrogens (tertiary/aromatic N) is 1. The minimum absolute atomic E-state index is 0.147. The molecule has 1 saturated heterocycles. The number of imide groups is 1. The SMILES string of the molecule is Cc1ccc(N2C(=O)[C@@H]3[C@@H](C2=O)C2(Br)c4ccccc4C3(Br)c3ccccc32)c(C)c1. The fraction of sp³-hybridized carbons (Fsp3) is 0.231. The molecule has 0 spiro atoms. The molecular weight excluding hydrogens is 518 g/mol. The molecule has 3 aromatic rings. The van der Waals surface area contributed by atoms with Gasteiger partial charge in [-0.05, 0) is 47.7 Å². The molecule has 4 aliphatic rings. The Kier molecular flexibility index (Phi) is 3.87. The first kappa shape index (κ1) is 19.4. The van der Waals surface area contributed by atoms with Crippen LogP contribution in [0.5, 0.6) is 0 Å². The van der Waals surface area contributed by atoms with Crippen molar-refractivity contribution in [2.24, 2.45) is 11.8 Å². The lowest BCUT2D eigenvalue weighted by atomic mass is 9.54. The summed E-state index contributed by atoms with van der Waals surface area (Å²) in [5, 5.41) is 0. The average Bonchev–Trinajstić information content (AvgIpc) is 3.04. The zero-order valence-corrected chi connectivity index (χ0v) is 20.2. The Morgan fingerprint density at radius 3 is 1.52 bits per heavy atom. The number of aryl methyl sites for hydroxylation is 2. The molecule has 2 atom stereocenters. The van der Waals surface area contributed by atoms with Gasteiger partial charge in [0.25, 0.3) is 0 Å². The lowest BCUT2D eigenvalue weighted by molar-refractivity contribution is -0.122. The van der Waals surface area contributed by atoms with Crippen LogP contribution in [0.25, 0.3) is 0 Å². The van der Waals surface area contributed by atoms with Crippen LogP contribution in [-0.2, 0) is 18.2 Å². The molecule has 154 valence electrons. The summed E-state index contributed by atoms with van der Waals surface area (Å²) in [5.41, 5.74) is 6.91. The van der Waals surface area contributed by atoms with Crippen molar-refractivity contribution >= 4 is 49.4 Å². The first-order valence-electron chi connectivity index (χ1n) is 10.3. The molecule has 31 heavy (non-hydrogen) atoms. The summed E-state index contributed by atoms with van der Waals surface area (Å²) in [6.07, 6.45) is 0. The molecule has 3 aliphatic carbocycles. The van der Waals surface area contributed by atoms with E-state index in [-0.39, 0.29) is 11.8 Å². The first-order chi connectivity index (χ1) is 14.8. The number of rotatable bonds is 1. The Balaban J connectivity index is 1.66. The number of carbonyl (C=O) groups excluding carboxylic acids is 2. The summed E-state index contributed by atoms with van der Waals surface area (Å²) in [6.45, 7) is 3.97. The van der Waals surface area contributed by atoms with E-state index < -0.39 is 20.5 Å². The molecule has 2 amide bonds. The number of anilines is 1. The highest BCUT2D eigenvalue weighted by Crippen LogP contribution is 2.70. The molecule has 0 unspecified atom stereocenters. The summed E-state index contributed by atoms with van der Waals surface area (Å²) in [4.78, 5) is 29.4. The minimum Gasteiger partial charge on any atom is -0.274 e. The van der Waals surface area contributed by atoms with Crippen molar-refractivity contribution in [3.63, 3.8) is 0 Å². The fourth-order valence-corrected chi connectivity index (χ4v) is 8.26. The molecule has 1 aliphatic heterocycles. The topological polar surface area (TPSA) is 37.4 Å². The monoisotopic (exact) mass is 535 g/mol. The smallest absolute Gasteiger partial charge is 0.239 e. The Labute approximate surface area is 197 Å². The number of hydrogen-bond donors (Lipinski definition) is 0. The Morgan fingerprint density at radius 2 is 1.13 bits per heavy atom. The van der Waals surface area contributed by atoms with Gasteiger partial charge in [-0.25, -0.2) is 4.90 Å². The van der Waals surface area contributed by atoms with Crippen molar-refractivity contribution in [1.82, 2.24) is 0 Å². The molecule has 0 radical (unpaired) electrons. The number of carbonyl (C=O) groups is 2. The maximum absolute atomic E-state index is 14.0. The lowest BCUT2D eigenvalue weighted by Crippen LogP contribution is -2.56. The predicted molar refractivity (Wildman–Crippen MR) is 128 cm³/mol. The summed E-state index contributed by atoms with van der Waals surface area (Å²) in [7, 11) is 0. The van der Waals surface area contributed by atoms with E-state index in [2.05, 4.69) is 56.1 Å². The van der Waals surface area contributed by atoms with Crippen molar-refractivity contribution in [3.8, 4) is 0 Å². The molecular formula is C26H19Br2NO2. The second-order valence-corrected chi connectivity index (χ2v) is 11.3. The van der Waals surface area contributed by atoms with E-state index >= 15 is 0 Å². The molecule has 0 aromatic heterocycles. The summed E-state index contributed by atoms with van der Waals surface area (Å²) < 4.78 is -1.50. The van der Waals surface area contributed by atoms with E-state index in [1.807, 2.05) is 56.3 Å². The number of halogens is 2. The number of amides is 2. The highest BCUT2D eigenvalue weighted by Gasteiger charge is 2.72. The molecule has 1 fully saturated rings. The van der Waals surface area contributed by atoms with Crippen molar-refractivity contribution in [2.75, 3.05) is 4.90 Å². The highest BCUT2D eigenvalue weighted by molar-refractivity contribution is 9.10. The summed E-state index contributed by atoms with van der Waals surface area (Å²) in [5.74, 6) is -1.37. The molecule has 2 bridgehead atoms. The van der Waals surface area contributed by atoms with Crippen molar-refractivity contribution < 1.29 is 9.59 Å². The van der Waals surface area contributed by atoms with Gasteiger partial charge in [-0.3, -0.25) is 9.59 Å². The second kappa shape index (κ2) is 6.17. The third-order valence-corrected chi connectivity index (χ3v) is 9.87. The van der Waals surface area contributed by atoms with Crippen LogP contribution in [0.15, 0.2) is 66.7 Å². The zero-order valence-electron chi connectivity index (χ0n) is 17.0. The average molecular weight is 537 g/mol. The van der Waals surface area contributed by atoms with Crippen molar-refractivity contribution in [2.45, 2.75) is 22.5 Å². The van der Waals surface area contributed by atoms with E-state index in [1.165, 1.54) is 4.90 Å². The third-order valence-electron chi connectivity index (χ3n) is 7.18. The third kappa shape index (κ3) is 2.14. The van der Waals surface area contributed by atoms with Gasteiger partial charge in [-0.1, -0.05) is 98.1 Å². The van der Waals surface area contributed by atoms with Gasteiger partial charge < -0.3 is 0 Å². The van der Waals surface area contributed by atoms with Crippen LogP contribution >= 0.6 is 31.9 Å². The normalized spacial score (nSPS) is 30.3. The molecule has 7 rings (SSSR count). The van der Waals surface area contributed by atoms with E-state index in [0.29, 0.717) is 5.69 Å². The van der Waals surface area contributed by atoms with Crippen molar-refractivity contribution in [1.29, 1.82) is 0 Å². The standard InChI is InChI=1S/C26H19Br2NO2/c1-14-11-12-20(15(2)13-14)29-23(30)21-22(24(29)31)26(28)17-8-4-3-7-16(17)25(21,27)18-9-5-6-10-19(18)26/h3-13,21-22H,1-2H3/t21-,22-,25?,26?/m0/s1. The molecule has 1 heterocycles. The number of hydrogen-bond acceptors (Lipinski definition) is 2. The van der Waals surface area contributed by atoms with Gasteiger partial charge in [-0.15, -0.1) is 0 Å². The first-order valence-corrected chi connectivity index (χ1v) is 11.9. The number of benzene rings is 3. The Hall–Kier alpha value is -2.24. The van der Waals surface area contributed by atoms with Gasteiger partial charge in [0.15, 0.2) is 0 Å². The largest absolute Gasteiger partial charge is 0.274 e. The molecule has 0 N–H and O–H groups in total. The quantitative estimate of drug-likeness (QED) is 0.295. The molecule has 3 nitrogen and oxygen atoms in total. The zero-order chi connectivity index (χ0) is 21.7. The fourth-order valence-electron chi connectivity index (χ4n) is 5.96. The van der Waals surface area contributed by atoms with E-state index in [1.54, 1.807) is 0 Å². The van der Waals surface area contributed by atoms with Crippen LogP contribution in [0.4, 0.5) is 5.69 Å². The van der Waals surface area contributed by atoms with Gasteiger partial charge in [0.05, 0.1) is 26.2 Å². The van der Waals surface area contributed by atoms with Crippen LogP contribution in [0.2, 0.25) is 0 Å². The van der Waals surface area contributed by atoms with Gasteiger partial charge >= 0.3 is 0 Å². The van der Waals surface area contributed by atoms with Crippen LogP contribution in [0.3, 0.4) is 0 Å². The van der Waals surface area contributed by atoms with Crippen LogP contribution in [0, 0.1) is 25.7 Å². The summed E-state index contributed by atoms with van der Waals surface area (Å²) >= 11 is 8.08. The van der Waals surface area contributed by atoms with E-state index in [9.17, 15) is 9.59 Å².